The lowest BCUT2D eigenvalue weighted by molar-refractivity contribution is -0.136. The number of anilines is 1. The normalized spacial score (nSPS) is 21.7. The summed E-state index contributed by atoms with van der Waals surface area (Å²) in [4.78, 5) is 23.7. The number of likely N-dealkylation sites (tertiary alicyclic amines) is 1. The van der Waals surface area contributed by atoms with Gasteiger partial charge in [0.05, 0.1) is 28.0 Å². The number of pyridine rings is 1. The molecule has 3 heterocycles. The fraction of sp³-hybridized carbons (Fsp3) is 0.440. The van der Waals surface area contributed by atoms with Gasteiger partial charge in [-0.25, -0.2) is 4.98 Å². The Labute approximate surface area is 215 Å². The van der Waals surface area contributed by atoms with Gasteiger partial charge in [-0.15, -0.1) is 11.3 Å². The van der Waals surface area contributed by atoms with Crippen molar-refractivity contribution >= 4 is 33.8 Å². The third-order valence-corrected chi connectivity index (χ3v) is 8.18. The largest absolute Gasteiger partial charge is 0.418 e. The van der Waals surface area contributed by atoms with Crippen LogP contribution < -0.4 is 10.6 Å². The molecule has 1 aliphatic heterocycles. The number of amides is 1. The number of aliphatic hydroxyl groups is 1. The van der Waals surface area contributed by atoms with Crippen LogP contribution in [-0.2, 0) is 16.6 Å². The van der Waals surface area contributed by atoms with Crippen LogP contribution in [-0.4, -0.2) is 57.6 Å². The van der Waals surface area contributed by atoms with Crippen LogP contribution in [0.1, 0.15) is 41.8 Å². The molecule has 0 spiro atoms. The molecule has 1 aliphatic carbocycles. The topological polar surface area (TPSA) is 114 Å². The summed E-state index contributed by atoms with van der Waals surface area (Å²) in [5.41, 5.74) is -0.272. The Morgan fingerprint density at radius 1 is 1.30 bits per heavy atom. The number of carbonyl (C=O) groups is 1. The fourth-order valence-electron chi connectivity index (χ4n) is 5.09. The molecule has 3 aromatic rings. The van der Waals surface area contributed by atoms with Crippen molar-refractivity contribution in [2.75, 3.05) is 25.0 Å². The maximum absolute atomic E-state index is 13.4. The molecular weight excluding hydrogens is 505 g/mol. The molecule has 2 aliphatic rings. The van der Waals surface area contributed by atoms with E-state index in [1.807, 2.05) is 0 Å². The summed E-state index contributed by atoms with van der Waals surface area (Å²) in [6.45, 7) is 1.40. The molecule has 0 unspecified atom stereocenters. The molecule has 8 nitrogen and oxygen atoms in total. The highest BCUT2D eigenvalue weighted by molar-refractivity contribution is 7.09. The zero-order valence-electron chi connectivity index (χ0n) is 19.8. The maximum Gasteiger partial charge on any atom is 0.418 e. The summed E-state index contributed by atoms with van der Waals surface area (Å²) in [7, 11) is 0. The lowest BCUT2D eigenvalue weighted by Crippen LogP contribution is -2.57. The van der Waals surface area contributed by atoms with Gasteiger partial charge in [-0.3, -0.25) is 14.7 Å². The van der Waals surface area contributed by atoms with Crippen LogP contribution in [0.4, 0.5) is 18.9 Å². The molecule has 37 heavy (non-hydrogen) atoms. The average molecular weight is 531 g/mol. The van der Waals surface area contributed by atoms with Gasteiger partial charge in [0.15, 0.2) is 0 Å². The second kappa shape index (κ2) is 9.89. The van der Waals surface area contributed by atoms with Crippen molar-refractivity contribution in [3.05, 3.63) is 52.1 Å². The monoisotopic (exact) mass is 530 g/mol. The highest BCUT2D eigenvalue weighted by Gasteiger charge is 2.41. The number of nitrogens with one attached hydrogen (secondary N) is 2. The fourth-order valence-corrected chi connectivity index (χ4v) is 5.87. The molecule has 0 radical (unpaired) electrons. The summed E-state index contributed by atoms with van der Waals surface area (Å²) in [5.74, 6) is -0.280. The quantitative estimate of drug-likeness (QED) is 0.446. The molecular formula is C25H25F3N6O2S. The standard InChI is InChI=1S/C25H25F3N6O2S/c26-25(27,28)19-3-1-2-18-20(10-16(11-29)33-23(18)19)31-13-22(35)32-15-8-17(9-15)34-6-4-24(36,5-7-34)21-12-30-14-37-21/h1-3,10,12,14-15,17,36H,4-9,13H2,(H,31,33)(H,32,35). The Morgan fingerprint density at radius 3 is 2.70 bits per heavy atom. The number of halogens is 3. The van der Waals surface area contributed by atoms with Crippen molar-refractivity contribution in [2.45, 2.75) is 49.5 Å². The van der Waals surface area contributed by atoms with Gasteiger partial charge in [0.1, 0.15) is 17.4 Å². The molecule has 2 fully saturated rings. The zero-order valence-corrected chi connectivity index (χ0v) is 20.6. The van der Waals surface area contributed by atoms with Crippen molar-refractivity contribution in [1.29, 1.82) is 5.26 Å². The number of aromatic nitrogens is 2. The van der Waals surface area contributed by atoms with Gasteiger partial charge in [-0.05, 0) is 37.8 Å². The average Bonchev–Trinajstić information content (AvgIpc) is 3.40. The predicted molar refractivity (Wildman–Crippen MR) is 132 cm³/mol. The van der Waals surface area contributed by atoms with Crippen LogP contribution in [0.25, 0.3) is 10.9 Å². The van der Waals surface area contributed by atoms with Gasteiger partial charge < -0.3 is 15.7 Å². The van der Waals surface area contributed by atoms with Crippen LogP contribution >= 0.6 is 11.3 Å². The van der Waals surface area contributed by atoms with Crippen LogP contribution in [0.2, 0.25) is 0 Å². The summed E-state index contributed by atoms with van der Waals surface area (Å²) in [6.07, 6.45) is 0.00594. The van der Waals surface area contributed by atoms with Gasteiger partial charge >= 0.3 is 6.18 Å². The molecule has 0 atom stereocenters. The van der Waals surface area contributed by atoms with E-state index in [2.05, 4.69) is 25.5 Å². The number of hydrogen-bond acceptors (Lipinski definition) is 8. The van der Waals surface area contributed by atoms with Gasteiger partial charge in [-0.2, -0.15) is 18.4 Å². The summed E-state index contributed by atoms with van der Waals surface area (Å²) < 4.78 is 40.3. The van der Waals surface area contributed by atoms with Crippen LogP contribution in [0.3, 0.4) is 0 Å². The van der Waals surface area contributed by atoms with Crippen LogP contribution in [0.15, 0.2) is 36.0 Å². The number of nitriles is 1. The van der Waals surface area contributed by atoms with E-state index in [9.17, 15) is 28.3 Å². The van der Waals surface area contributed by atoms with Gasteiger partial charge in [0, 0.05) is 42.4 Å². The molecule has 1 saturated carbocycles. The van der Waals surface area contributed by atoms with E-state index < -0.39 is 17.3 Å². The van der Waals surface area contributed by atoms with Crippen molar-refractivity contribution < 1.29 is 23.1 Å². The molecule has 5 rings (SSSR count). The molecule has 1 saturated heterocycles. The van der Waals surface area contributed by atoms with Crippen LogP contribution in [0, 0.1) is 11.3 Å². The smallest absolute Gasteiger partial charge is 0.384 e. The first-order chi connectivity index (χ1) is 17.7. The molecule has 1 amide bonds. The minimum absolute atomic E-state index is 0.0160. The van der Waals surface area contributed by atoms with E-state index in [0.29, 0.717) is 18.9 Å². The van der Waals surface area contributed by atoms with E-state index >= 15 is 0 Å². The summed E-state index contributed by atoms with van der Waals surface area (Å²) in [6, 6.07) is 7.16. The highest BCUT2D eigenvalue weighted by atomic mass is 32.1. The Morgan fingerprint density at radius 2 is 2.05 bits per heavy atom. The number of rotatable bonds is 6. The zero-order chi connectivity index (χ0) is 26.2. The van der Waals surface area contributed by atoms with Crippen molar-refractivity contribution in [3.8, 4) is 6.07 Å². The molecule has 1 aromatic carbocycles. The summed E-state index contributed by atoms with van der Waals surface area (Å²) in [5, 5.41) is 26.2. The van der Waals surface area contributed by atoms with E-state index in [0.717, 1.165) is 36.9 Å². The highest BCUT2D eigenvalue weighted by Crippen LogP contribution is 2.38. The number of fused-ring (bicyclic) bond motifs is 1. The van der Waals surface area contributed by atoms with E-state index in [4.69, 9.17) is 0 Å². The maximum atomic E-state index is 13.4. The number of thiazole rings is 1. The number of benzene rings is 1. The lowest BCUT2D eigenvalue weighted by atomic mass is 9.82. The van der Waals surface area contributed by atoms with E-state index in [1.54, 1.807) is 17.8 Å². The number of para-hydroxylation sites is 1. The number of alkyl halides is 3. The molecule has 0 bridgehead atoms. The Kier molecular flexibility index (Phi) is 6.78. The minimum Gasteiger partial charge on any atom is -0.384 e. The molecule has 194 valence electrons. The third-order valence-electron chi connectivity index (χ3n) is 7.21. The number of carbonyl (C=O) groups excluding carboxylic acids is 1. The first kappa shape index (κ1) is 25.4. The Hall–Kier alpha value is -3.27. The van der Waals surface area contributed by atoms with Gasteiger partial charge in [0.25, 0.3) is 0 Å². The van der Waals surface area contributed by atoms with Crippen LogP contribution in [0.5, 0.6) is 0 Å². The Bertz CT molecular complexity index is 1330. The second-order valence-electron chi connectivity index (χ2n) is 9.54. The third kappa shape index (κ3) is 5.25. The van der Waals surface area contributed by atoms with Crippen molar-refractivity contribution in [3.63, 3.8) is 0 Å². The van der Waals surface area contributed by atoms with E-state index in [1.165, 1.54) is 29.5 Å². The van der Waals surface area contributed by atoms with E-state index in [-0.39, 0.29) is 40.8 Å². The molecule has 12 heteroatoms. The number of nitrogens with zero attached hydrogens (tertiary/aromatic N) is 4. The molecule has 3 N–H and O–H groups in total. The Balaban J connectivity index is 1.14. The van der Waals surface area contributed by atoms with Crippen molar-refractivity contribution in [2.24, 2.45) is 0 Å². The number of hydrogen-bond donors (Lipinski definition) is 3. The van der Waals surface area contributed by atoms with Gasteiger partial charge in [0.2, 0.25) is 5.91 Å². The molecule has 2 aromatic heterocycles. The first-order valence-electron chi connectivity index (χ1n) is 12.0. The summed E-state index contributed by atoms with van der Waals surface area (Å²) >= 11 is 1.47. The number of piperidine rings is 1. The van der Waals surface area contributed by atoms with Gasteiger partial charge in [-0.1, -0.05) is 12.1 Å². The SMILES string of the molecule is N#Cc1cc(NCC(=O)NC2CC(N3CCC(O)(c4cncs4)CC3)C2)c2cccc(C(F)(F)F)c2n1. The van der Waals surface area contributed by atoms with Crippen molar-refractivity contribution in [1.82, 2.24) is 20.2 Å². The lowest BCUT2D eigenvalue weighted by Gasteiger charge is -2.47. The predicted octanol–water partition coefficient (Wildman–Crippen LogP) is 3.62. The first-order valence-corrected chi connectivity index (χ1v) is 12.8. The second-order valence-corrected chi connectivity index (χ2v) is 10.4. The minimum atomic E-state index is -4.62.